The van der Waals surface area contributed by atoms with Crippen molar-refractivity contribution in [1.29, 1.82) is 0 Å². The van der Waals surface area contributed by atoms with Crippen LogP contribution < -0.4 is 4.57 Å². The molecule has 0 aliphatic carbocycles. The largest absolute Gasteiger partial charge is 0.264 e. The first-order valence-electron chi connectivity index (χ1n) is 8.14. The zero-order valence-electron chi connectivity index (χ0n) is 13.9. The monoisotopic (exact) mass is 311 g/mol. The molecular weight excluding hydrogens is 292 g/mol. The molecule has 0 unspecified atom stereocenters. The summed E-state index contributed by atoms with van der Waals surface area (Å²) >= 11 is 0. The van der Waals surface area contributed by atoms with Crippen molar-refractivity contribution in [3.05, 3.63) is 84.7 Å². The lowest BCUT2D eigenvalue weighted by Crippen LogP contribution is -2.32. The second-order valence-corrected chi connectivity index (χ2v) is 6.08. The molecule has 116 valence electrons. The number of hydrogen-bond donors (Lipinski definition) is 0. The van der Waals surface area contributed by atoms with Crippen LogP contribution in [0.1, 0.15) is 5.56 Å². The molecule has 0 saturated heterocycles. The first-order valence-corrected chi connectivity index (χ1v) is 8.14. The van der Waals surface area contributed by atoms with Gasteiger partial charge in [0.25, 0.3) is 0 Å². The van der Waals surface area contributed by atoms with Gasteiger partial charge in [0.05, 0.1) is 5.39 Å². The normalized spacial score (nSPS) is 10.9. The summed E-state index contributed by atoms with van der Waals surface area (Å²) in [4.78, 5) is 4.30. The van der Waals surface area contributed by atoms with Crippen molar-refractivity contribution in [2.45, 2.75) is 6.92 Å². The van der Waals surface area contributed by atoms with Crippen molar-refractivity contribution in [2.24, 2.45) is 7.05 Å². The van der Waals surface area contributed by atoms with Crippen LogP contribution in [0.3, 0.4) is 0 Å². The van der Waals surface area contributed by atoms with Crippen LogP contribution in [-0.4, -0.2) is 4.98 Å². The summed E-state index contributed by atoms with van der Waals surface area (Å²) in [5.41, 5.74) is 7.33. The minimum absolute atomic E-state index is 1.14. The van der Waals surface area contributed by atoms with Crippen LogP contribution in [0.25, 0.3) is 33.3 Å². The lowest BCUT2D eigenvalue weighted by Gasteiger charge is -2.11. The Hall–Kier alpha value is -3.00. The van der Waals surface area contributed by atoms with Gasteiger partial charge in [-0.2, -0.15) is 4.57 Å². The van der Waals surface area contributed by atoms with Gasteiger partial charge in [-0.3, -0.25) is 4.98 Å². The molecule has 0 aliphatic heterocycles. The Kier molecular flexibility index (Phi) is 3.58. The van der Waals surface area contributed by atoms with Crippen LogP contribution >= 0.6 is 0 Å². The highest BCUT2D eigenvalue weighted by Crippen LogP contribution is 2.31. The van der Waals surface area contributed by atoms with Gasteiger partial charge in [-0.15, -0.1) is 0 Å². The second-order valence-electron chi connectivity index (χ2n) is 6.08. The van der Waals surface area contributed by atoms with Crippen molar-refractivity contribution in [2.75, 3.05) is 0 Å². The third-order valence-corrected chi connectivity index (χ3v) is 4.59. The van der Waals surface area contributed by atoms with E-state index < -0.39 is 0 Å². The molecule has 0 N–H and O–H groups in total. The molecule has 2 aromatic heterocycles. The average molecular weight is 311 g/mol. The fourth-order valence-electron chi connectivity index (χ4n) is 3.31. The number of nitrogens with zero attached hydrogens (tertiary/aromatic N) is 2. The highest BCUT2D eigenvalue weighted by molar-refractivity contribution is 5.94. The number of aromatic nitrogens is 2. The molecule has 2 nitrogen and oxygen atoms in total. The van der Waals surface area contributed by atoms with Crippen molar-refractivity contribution >= 4 is 10.9 Å². The lowest BCUT2D eigenvalue weighted by atomic mass is 9.97. The number of aryl methyl sites for hydroxylation is 2. The van der Waals surface area contributed by atoms with Crippen molar-refractivity contribution < 1.29 is 4.57 Å². The van der Waals surface area contributed by atoms with Gasteiger partial charge in [-0.05, 0) is 30.7 Å². The smallest absolute Gasteiger partial charge is 0.213 e. The Balaban J connectivity index is 2.10. The summed E-state index contributed by atoms with van der Waals surface area (Å²) < 4.78 is 2.28. The third kappa shape index (κ3) is 2.37. The summed E-state index contributed by atoms with van der Waals surface area (Å²) in [6, 6.07) is 23.5. The molecule has 0 atom stereocenters. The van der Waals surface area contributed by atoms with Gasteiger partial charge in [0.2, 0.25) is 11.2 Å². The van der Waals surface area contributed by atoms with E-state index in [1.165, 1.54) is 33.3 Å². The van der Waals surface area contributed by atoms with Crippen molar-refractivity contribution in [3.63, 3.8) is 0 Å². The Morgan fingerprint density at radius 3 is 2.42 bits per heavy atom. The predicted octanol–water partition coefficient (Wildman–Crippen LogP) is 4.70. The topological polar surface area (TPSA) is 16.8 Å². The molecule has 0 fully saturated rings. The van der Waals surface area contributed by atoms with E-state index in [-0.39, 0.29) is 0 Å². The first-order chi connectivity index (χ1) is 11.8. The molecule has 4 rings (SSSR count). The minimum Gasteiger partial charge on any atom is -0.264 e. The molecule has 0 spiro atoms. The molecule has 0 aliphatic rings. The summed E-state index contributed by atoms with van der Waals surface area (Å²) in [6.07, 6.45) is 3.75. The number of hydrogen-bond acceptors (Lipinski definition) is 1. The maximum atomic E-state index is 4.30. The van der Waals surface area contributed by atoms with Gasteiger partial charge in [0.1, 0.15) is 7.05 Å². The zero-order valence-corrected chi connectivity index (χ0v) is 13.9. The standard InChI is InChI=1S/C22H19N2/c1-16-8-3-4-10-18(16)22-14-20(17-9-7-13-23-15-17)19-11-5-6-12-21(19)24(22)2/h3-15H,1-2H3/q+1. The Morgan fingerprint density at radius 1 is 0.833 bits per heavy atom. The highest BCUT2D eigenvalue weighted by Gasteiger charge is 2.19. The van der Waals surface area contributed by atoms with Gasteiger partial charge in [0, 0.05) is 41.2 Å². The van der Waals surface area contributed by atoms with Gasteiger partial charge in [-0.1, -0.05) is 36.4 Å². The molecule has 0 saturated carbocycles. The van der Waals surface area contributed by atoms with Crippen LogP contribution in [0.15, 0.2) is 79.1 Å². The lowest BCUT2D eigenvalue weighted by molar-refractivity contribution is -0.633. The maximum absolute atomic E-state index is 4.30. The van der Waals surface area contributed by atoms with Crippen LogP contribution in [0.4, 0.5) is 0 Å². The van der Waals surface area contributed by atoms with E-state index in [0.717, 1.165) is 5.56 Å². The molecule has 2 heterocycles. The van der Waals surface area contributed by atoms with E-state index in [9.17, 15) is 0 Å². The number of pyridine rings is 2. The number of benzene rings is 2. The number of fused-ring (bicyclic) bond motifs is 1. The molecule has 4 aromatic rings. The summed E-state index contributed by atoms with van der Waals surface area (Å²) in [6.45, 7) is 2.16. The second kappa shape index (κ2) is 5.89. The van der Waals surface area contributed by atoms with E-state index in [1.807, 2.05) is 18.5 Å². The Morgan fingerprint density at radius 2 is 1.62 bits per heavy atom. The van der Waals surface area contributed by atoms with Crippen LogP contribution in [0.2, 0.25) is 0 Å². The molecular formula is C22H19N2+. The average Bonchev–Trinajstić information content (AvgIpc) is 2.64. The summed E-state index contributed by atoms with van der Waals surface area (Å²) in [5, 5.41) is 1.24. The molecule has 2 heteroatoms. The fourth-order valence-corrected chi connectivity index (χ4v) is 3.31. The molecule has 0 amide bonds. The molecule has 0 radical (unpaired) electrons. The summed E-state index contributed by atoms with van der Waals surface area (Å²) in [7, 11) is 2.14. The minimum atomic E-state index is 1.14. The van der Waals surface area contributed by atoms with Crippen molar-refractivity contribution in [3.8, 4) is 22.4 Å². The quantitative estimate of drug-likeness (QED) is 0.490. The third-order valence-electron chi connectivity index (χ3n) is 4.59. The van der Waals surface area contributed by atoms with E-state index in [2.05, 4.69) is 84.2 Å². The van der Waals surface area contributed by atoms with Crippen molar-refractivity contribution in [1.82, 2.24) is 4.98 Å². The zero-order chi connectivity index (χ0) is 16.5. The first kappa shape index (κ1) is 14.6. The van der Waals surface area contributed by atoms with Crippen LogP contribution in [0.5, 0.6) is 0 Å². The number of para-hydroxylation sites is 1. The van der Waals surface area contributed by atoms with E-state index in [1.54, 1.807) is 0 Å². The Labute approximate surface area is 142 Å². The maximum Gasteiger partial charge on any atom is 0.213 e. The van der Waals surface area contributed by atoms with E-state index in [0.29, 0.717) is 0 Å². The Bertz CT molecular complexity index is 1020. The molecule has 0 bridgehead atoms. The van der Waals surface area contributed by atoms with Gasteiger partial charge in [-0.25, -0.2) is 0 Å². The van der Waals surface area contributed by atoms with Gasteiger partial charge < -0.3 is 0 Å². The predicted molar refractivity (Wildman–Crippen MR) is 98.5 cm³/mol. The van der Waals surface area contributed by atoms with E-state index in [4.69, 9.17) is 0 Å². The summed E-state index contributed by atoms with van der Waals surface area (Å²) in [5.74, 6) is 0. The molecule has 24 heavy (non-hydrogen) atoms. The molecule has 2 aromatic carbocycles. The van der Waals surface area contributed by atoms with Gasteiger partial charge in [0.15, 0.2) is 0 Å². The van der Waals surface area contributed by atoms with Crippen LogP contribution in [0, 0.1) is 6.92 Å². The highest BCUT2D eigenvalue weighted by atomic mass is 14.9. The van der Waals surface area contributed by atoms with Gasteiger partial charge >= 0.3 is 0 Å². The van der Waals surface area contributed by atoms with Crippen LogP contribution in [-0.2, 0) is 7.05 Å². The van der Waals surface area contributed by atoms with E-state index >= 15 is 0 Å². The fraction of sp³-hybridized carbons (Fsp3) is 0.0909. The SMILES string of the molecule is Cc1ccccc1-c1cc(-c2cccnc2)c2ccccc2[n+]1C. The number of rotatable bonds is 2.